The van der Waals surface area contributed by atoms with Gasteiger partial charge in [0.2, 0.25) is 0 Å². The molecule has 216 valence electrons. The molecule has 7 rings (SSSR count). The second-order valence-electron chi connectivity index (χ2n) is 11.3. The Morgan fingerprint density at radius 1 is 1.07 bits per heavy atom. The van der Waals surface area contributed by atoms with E-state index in [1.807, 2.05) is 18.2 Å². The lowest BCUT2D eigenvalue weighted by Crippen LogP contribution is -2.35. The maximum Gasteiger partial charge on any atom is 0.335 e. The van der Waals surface area contributed by atoms with Crippen LogP contribution in [0.4, 0.5) is 4.39 Å². The number of benzene rings is 3. The van der Waals surface area contributed by atoms with E-state index in [-0.39, 0.29) is 17.5 Å². The summed E-state index contributed by atoms with van der Waals surface area (Å²) in [5.74, 6) is 0.758. The number of hydrogen-bond donors (Lipinski definition) is 1. The fourth-order valence-corrected chi connectivity index (χ4v) is 6.44. The fraction of sp³-hybridized carbons (Fsp3) is 0.333. The molecular weight excluding hydrogens is 557 g/mol. The number of para-hydroxylation sites is 1. The molecule has 1 aromatic heterocycles. The molecular formula is C33H31ClFN3O4. The summed E-state index contributed by atoms with van der Waals surface area (Å²) >= 11 is 5.97. The Balaban J connectivity index is 1.08. The zero-order valence-electron chi connectivity index (χ0n) is 23.0. The summed E-state index contributed by atoms with van der Waals surface area (Å²) in [5.41, 5.74) is 4.53. The molecule has 0 amide bonds. The van der Waals surface area contributed by atoms with Crippen molar-refractivity contribution in [1.29, 1.82) is 0 Å². The van der Waals surface area contributed by atoms with Crippen LogP contribution in [0.15, 0.2) is 60.7 Å². The summed E-state index contributed by atoms with van der Waals surface area (Å²) in [7, 11) is 0. The van der Waals surface area contributed by atoms with Crippen LogP contribution < -0.4 is 4.74 Å². The fourth-order valence-electron chi connectivity index (χ4n) is 6.28. The largest absolute Gasteiger partial charge is 0.481 e. The van der Waals surface area contributed by atoms with E-state index in [1.165, 1.54) is 6.07 Å². The smallest absolute Gasteiger partial charge is 0.335 e. The second-order valence-corrected chi connectivity index (χ2v) is 11.7. The third-order valence-electron chi connectivity index (χ3n) is 8.69. The van der Waals surface area contributed by atoms with Gasteiger partial charge in [-0.1, -0.05) is 41.9 Å². The van der Waals surface area contributed by atoms with E-state index < -0.39 is 12.1 Å². The highest BCUT2D eigenvalue weighted by atomic mass is 35.5. The Morgan fingerprint density at radius 2 is 1.90 bits per heavy atom. The minimum Gasteiger partial charge on any atom is -0.481 e. The molecule has 0 unspecified atom stereocenters. The minimum absolute atomic E-state index is 0.129. The molecule has 3 aliphatic heterocycles. The lowest BCUT2D eigenvalue weighted by atomic mass is 9.87. The summed E-state index contributed by atoms with van der Waals surface area (Å²) < 4.78 is 29.0. The minimum atomic E-state index is -0.944. The first kappa shape index (κ1) is 27.1. The lowest BCUT2D eigenvalue weighted by Gasteiger charge is -2.34. The number of ether oxygens (including phenoxy) is 2. The number of nitrogens with zero attached hydrogens (tertiary/aromatic N) is 3. The van der Waals surface area contributed by atoms with Crippen molar-refractivity contribution in [2.45, 2.75) is 50.5 Å². The van der Waals surface area contributed by atoms with Crippen LogP contribution in [-0.2, 0) is 17.8 Å². The van der Waals surface area contributed by atoms with Crippen LogP contribution in [0.5, 0.6) is 5.75 Å². The molecule has 0 saturated carbocycles. The molecule has 2 fully saturated rings. The number of piperidine rings is 1. The first-order valence-electron chi connectivity index (χ1n) is 14.4. The van der Waals surface area contributed by atoms with Crippen molar-refractivity contribution < 1.29 is 23.8 Å². The van der Waals surface area contributed by atoms with Crippen molar-refractivity contribution in [1.82, 2.24) is 14.5 Å². The molecule has 3 aromatic carbocycles. The van der Waals surface area contributed by atoms with E-state index in [4.69, 9.17) is 26.1 Å². The lowest BCUT2D eigenvalue weighted by molar-refractivity contribution is -0.0592. The van der Waals surface area contributed by atoms with Gasteiger partial charge < -0.3 is 19.1 Å². The zero-order valence-corrected chi connectivity index (χ0v) is 23.8. The van der Waals surface area contributed by atoms with Gasteiger partial charge in [0.1, 0.15) is 23.5 Å². The van der Waals surface area contributed by atoms with Gasteiger partial charge in [-0.25, -0.2) is 14.2 Å². The number of aromatic carboxylic acids is 1. The van der Waals surface area contributed by atoms with Crippen LogP contribution in [0.3, 0.4) is 0 Å². The summed E-state index contributed by atoms with van der Waals surface area (Å²) in [6, 6.07) is 16.0. The molecule has 4 heterocycles. The van der Waals surface area contributed by atoms with Gasteiger partial charge in [0.25, 0.3) is 0 Å². The number of hydrogen-bond acceptors (Lipinski definition) is 5. The topological polar surface area (TPSA) is 76.8 Å². The number of carboxylic acid groups (broad SMARTS) is 1. The van der Waals surface area contributed by atoms with Gasteiger partial charge in [-0.15, -0.1) is 0 Å². The van der Waals surface area contributed by atoms with Crippen LogP contribution in [0.2, 0.25) is 5.02 Å². The predicted molar refractivity (Wildman–Crippen MR) is 159 cm³/mol. The highest BCUT2D eigenvalue weighted by Crippen LogP contribution is 2.42. The molecule has 0 aliphatic carbocycles. The van der Waals surface area contributed by atoms with Gasteiger partial charge in [-0.05, 0) is 80.2 Å². The first-order valence-corrected chi connectivity index (χ1v) is 14.8. The van der Waals surface area contributed by atoms with Crippen LogP contribution in [0, 0.1) is 5.82 Å². The van der Waals surface area contributed by atoms with Gasteiger partial charge in [0.05, 0.1) is 35.8 Å². The molecule has 9 heteroatoms. The van der Waals surface area contributed by atoms with Gasteiger partial charge in [-0.2, -0.15) is 0 Å². The van der Waals surface area contributed by atoms with Gasteiger partial charge in [0, 0.05) is 22.8 Å². The highest BCUT2D eigenvalue weighted by molar-refractivity contribution is 6.30. The molecule has 0 bridgehead atoms. The third-order valence-corrected chi connectivity index (χ3v) is 8.92. The van der Waals surface area contributed by atoms with E-state index >= 15 is 0 Å². The van der Waals surface area contributed by atoms with E-state index in [9.17, 15) is 14.3 Å². The quantitative estimate of drug-likeness (QED) is 0.255. The monoisotopic (exact) mass is 587 g/mol. The van der Waals surface area contributed by atoms with Crippen molar-refractivity contribution in [2.24, 2.45) is 0 Å². The average molecular weight is 588 g/mol. The molecule has 0 radical (unpaired) electrons. The summed E-state index contributed by atoms with van der Waals surface area (Å²) in [5, 5.41) is 9.89. The predicted octanol–water partition coefficient (Wildman–Crippen LogP) is 6.84. The molecule has 2 atom stereocenters. The average Bonchev–Trinajstić information content (AvgIpc) is 3.30. The molecule has 42 heavy (non-hydrogen) atoms. The van der Waals surface area contributed by atoms with Gasteiger partial charge >= 0.3 is 5.97 Å². The van der Waals surface area contributed by atoms with Crippen molar-refractivity contribution in [3.05, 3.63) is 99.6 Å². The number of aromatic nitrogens is 2. The molecule has 2 saturated heterocycles. The normalized spacial score (nSPS) is 20.7. The highest BCUT2D eigenvalue weighted by Gasteiger charge is 2.29. The second kappa shape index (κ2) is 11.2. The number of halogens is 2. The summed E-state index contributed by atoms with van der Waals surface area (Å²) in [6.07, 6.45) is 6.43. The van der Waals surface area contributed by atoms with Crippen LogP contribution in [-0.4, -0.2) is 51.3 Å². The Morgan fingerprint density at radius 3 is 2.64 bits per heavy atom. The molecule has 1 N–H and O–H groups in total. The number of likely N-dealkylation sites (tertiary alicyclic amines) is 1. The maximum atomic E-state index is 14.7. The maximum absolute atomic E-state index is 14.7. The standard InChI is InChI=1S/C33H31ClFN3O4/c34-23-6-7-26(27(35)17-23)30-9-5-21-2-1-3-25(32(21)42-30)20-10-13-37(14-11-20)19-31-36-28-8-4-22(33(39)40)16-29(28)38(31)18-24-12-15-41-24/h1-9,16-17,20,24,30H,10-15,18-19H2,(H,39,40)/t24-,30-/m0/s1. The molecule has 4 aromatic rings. The van der Waals surface area contributed by atoms with Crippen molar-refractivity contribution in [2.75, 3.05) is 19.7 Å². The SMILES string of the molecule is O=C(O)c1ccc2nc(CN3CCC(c4cccc5c4O[C@H](c4ccc(Cl)cc4F)C=C5)CC3)n(C[C@@H]3CCO3)c2c1. The summed E-state index contributed by atoms with van der Waals surface area (Å²) in [6.45, 7) is 3.90. The molecule has 7 nitrogen and oxygen atoms in total. The number of fused-ring (bicyclic) bond motifs is 2. The van der Waals surface area contributed by atoms with E-state index in [0.717, 1.165) is 72.7 Å². The third kappa shape index (κ3) is 5.19. The molecule has 3 aliphatic rings. The Bertz CT molecular complexity index is 1690. The van der Waals surface area contributed by atoms with Crippen molar-refractivity contribution >= 4 is 34.7 Å². The Labute approximate surface area is 248 Å². The van der Waals surface area contributed by atoms with E-state index in [0.29, 0.717) is 29.6 Å². The van der Waals surface area contributed by atoms with Crippen LogP contribution >= 0.6 is 11.6 Å². The number of carbonyl (C=O) groups is 1. The number of carboxylic acids is 1. The number of imidazole rings is 1. The van der Waals surface area contributed by atoms with Gasteiger partial charge in [0.15, 0.2) is 0 Å². The Kier molecular flexibility index (Phi) is 7.22. The molecule has 0 spiro atoms. The van der Waals surface area contributed by atoms with Crippen LogP contribution in [0.25, 0.3) is 17.1 Å². The van der Waals surface area contributed by atoms with E-state index in [1.54, 1.807) is 30.3 Å². The van der Waals surface area contributed by atoms with Crippen LogP contribution in [0.1, 0.15) is 64.2 Å². The van der Waals surface area contributed by atoms with Crippen molar-refractivity contribution in [3.8, 4) is 5.75 Å². The Hall–Kier alpha value is -3.72. The van der Waals surface area contributed by atoms with Crippen molar-refractivity contribution in [3.63, 3.8) is 0 Å². The summed E-state index contributed by atoms with van der Waals surface area (Å²) in [4.78, 5) is 18.9. The number of rotatable bonds is 7. The first-order chi connectivity index (χ1) is 20.4. The van der Waals surface area contributed by atoms with Gasteiger partial charge in [-0.3, -0.25) is 4.90 Å². The van der Waals surface area contributed by atoms with E-state index in [2.05, 4.69) is 21.6 Å². The zero-order chi connectivity index (χ0) is 28.8.